The average molecular weight is 241 g/mol. The Labute approximate surface area is 101 Å². The maximum Gasteiger partial charge on any atom is 0.307 e. The van der Waals surface area contributed by atoms with Gasteiger partial charge in [-0.1, -0.05) is 13.0 Å². The number of carbonyl (C=O) groups excluding carboxylic acids is 1. The Morgan fingerprint density at radius 1 is 1.56 bits per heavy atom. The summed E-state index contributed by atoms with van der Waals surface area (Å²) in [5, 5.41) is 5.43. The molecule has 1 aromatic heterocycles. The third-order valence-corrected chi connectivity index (χ3v) is 3.23. The molecule has 0 spiro atoms. The molecule has 0 radical (unpaired) electrons. The first-order chi connectivity index (χ1) is 7.76. The first kappa shape index (κ1) is 13.2. The van der Waals surface area contributed by atoms with Crippen molar-refractivity contribution in [1.82, 2.24) is 5.32 Å². The Morgan fingerprint density at radius 3 is 2.94 bits per heavy atom. The zero-order chi connectivity index (χ0) is 11.8. The van der Waals surface area contributed by atoms with Gasteiger partial charge in [0.15, 0.2) is 0 Å². The molecule has 0 amide bonds. The van der Waals surface area contributed by atoms with E-state index in [4.69, 9.17) is 4.74 Å². The average Bonchev–Trinajstić information content (AvgIpc) is 2.77. The van der Waals surface area contributed by atoms with Crippen molar-refractivity contribution in [2.24, 2.45) is 0 Å². The van der Waals surface area contributed by atoms with Crippen LogP contribution in [0.15, 0.2) is 17.5 Å². The molecule has 1 rings (SSSR count). The van der Waals surface area contributed by atoms with E-state index in [1.54, 1.807) is 11.3 Å². The molecule has 0 bridgehead atoms. The normalized spacial score (nSPS) is 12.4. The topological polar surface area (TPSA) is 38.3 Å². The van der Waals surface area contributed by atoms with Crippen LogP contribution < -0.4 is 5.32 Å². The van der Waals surface area contributed by atoms with Gasteiger partial charge in [-0.3, -0.25) is 4.79 Å². The van der Waals surface area contributed by atoms with E-state index in [0.717, 1.165) is 13.0 Å². The highest BCUT2D eigenvalue weighted by molar-refractivity contribution is 7.09. The molecule has 0 aliphatic heterocycles. The largest absolute Gasteiger partial charge is 0.466 e. The first-order valence-electron chi connectivity index (χ1n) is 5.67. The molecule has 3 nitrogen and oxygen atoms in total. The monoisotopic (exact) mass is 241 g/mol. The third kappa shape index (κ3) is 4.77. The van der Waals surface area contributed by atoms with Gasteiger partial charge in [0.2, 0.25) is 0 Å². The second kappa shape index (κ2) is 7.41. The van der Waals surface area contributed by atoms with Crippen molar-refractivity contribution in [3.05, 3.63) is 22.4 Å². The van der Waals surface area contributed by atoms with E-state index in [1.807, 2.05) is 13.0 Å². The summed E-state index contributed by atoms with van der Waals surface area (Å²) in [6.45, 7) is 5.19. The quantitative estimate of drug-likeness (QED) is 0.746. The number of rotatable bonds is 7. The molecule has 0 aliphatic rings. The van der Waals surface area contributed by atoms with Crippen LogP contribution in [-0.2, 0) is 16.1 Å². The molecule has 1 unspecified atom stereocenters. The van der Waals surface area contributed by atoms with Crippen LogP contribution in [0.1, 0.15) is 31.6 Å². The smallest absolute Gasteiger partial charge is 0.307 e. The molecular weight excluding hydrogens is 222 g/mol. The van der Waals surface area contributed by atoms with E-state index >= 15 is 0 Å². The number of hydrogen-bond acceptors (Lipinski definition) is 4. The van der Waals surface area contributed by atoms with Gasteiger partial charge in [-0.05, 0) is 24.8 Å². The molecule has 1 aromatic rings. The van der Waals surface area contributed by atoms with E-state index in [9.17, 15) is 4.79 Å². The van der Waals surface area contributed by atoms with Gasteiger partial charge < -0.3 is 10.1 Å². The van der Waals surface area contributed by atoms with Crippen LogP contribution in [0, 0.1) is 0 Å². The van der Waals surface area contributed by atoms with Crippen molar-refractivity contribution in [3.63, 3.8) is 0 Å². The molecule has 1 atom stereocenters. The minimum absolute atomic E-state index is 0.118. The SMILES string of the molecule is CCOC(=O)CC(CC)NCc1cccs1. The second-order valence-corrected chi connectivity index (χ2v) is 4.61. The highest BCUT2D eigenvalue weighted by Crippen LogP contribution is 2.09. The van der Waals surface area contributed by atoms with Gasteiger partial charge in [0.25, 0.3) is 0 Å². The summed E-state index contributed by atoms with van der Waals surface area (Å²) in [5.74, 6) is -0.118. The summed E-state index contributed by atoms with van der Waals surface area (Å²) in [6, 6.07) is 4.34. The minimum Gasteiger partial charge on any atom is -0.466 e. The van der Waals surface area contributed by atoms with Crippen LogP contribution in [-0.4, -0.2) is 18.6 Å². The highest BCUT2D eigenvalue weighted by atomic mass is 32.1. The lowest BCUT2D eigenvalue weighted by Crippen LogP contribution is -2.30. The van der Waals surface area contributed by atoms with Crippen LogP contribution in [0.3, 0.4) is 0 Å². The maximum absolute atomic E-state index is 11.3. The molecule has 4 heteroatoms. The summed E-state index contributed by atoms with van der Waals surface area (Å²) < 4.78 is 4.93. The molecule has 0 saturated heterocycles. The third-order valence-electron chi connectivity index (χ3n) is 2.36. The van der Waals surface area contributed by atoms with E-state index < -0.39 is 0 Å². The minimum atomic E-state index is -0.118. The zero-order valence-electron chi connectivity index (χ0n) is 9.86. The van der Waals surface area contributed by atoms with Crippen LogP contribution in [0.5, 0.6) is 0 Å². The molecular formula is C12H19NO2S. The fourth-order valence-electron chi connectivity index (χ4n) is 1.44. The van der Waals surface area contributed by atoms with Gasteiger partial charge in [-0.2, -0.15) is 0 Å². The lowest BCUT2D eigenvalue weighted by atomic mass is 10.1. The van der Waals surface area contributed by atoms with Crippen molar-refractivity contribution in [3.8, 4) is 0 Å². The van der Waals surface area contributed by atoms with Gasteiger partial charge in [-0.15, -0.1) is 11.3 Å². The molecule has 0 fully saturated rings. The number of esters is 1. The Hall–Kier alpha value is -0.870. The van der Waals surface area contributed by atoms with Gasteiger partial charge in [0.1, 0.15) is 0 Å². The Kier molecular flexibility index (Phi) is 6.11. The Balaban J connectivity index is 2.29. The fraction of sp³-hybridized carbons (Fsp3) is 0.583. The van der Waals surface area contributed by atoms with Crippen molar-refractivity contribution >= 4 is 17.3 Å². The summed E-state index contributed by atoms with van der Waals surface area (Å²) in [5.41, 5.74) is 0. The van der Waals surface area contributed by atoms with E-state index in [2.05, 4.69) is 23.7 Å². The van der Waals surface area contributed by atoms with Crippen LogP contribution in [0.25, 0.3) is 0 Å². The number of ether oxygens (including phenoxy) is 1. The van der Waals surface area contributed by atoms with E-state index in [0.29, 0.717) is 13.0 Å². The van der Waals surface area contributed by atoms with Gasteiger partial charge in [0, 0.05) is 17.5 Å². The summed E-state index contributed by atoms with van der Waals surface area (Å²) in [4.78, 5) is 12.6. The zero-order valence-corrected chi connectivity index (χ0v) is 10.7. The molecule has 0 aliphatic carbocycles. The summed E-state index contributed by atoms with van der Waals surface area (Å²) in [6.07, 6.45) is 1.39. The van der Waals surface area contributed by atoms with Crippen LogP contribution >= 0.6 is 11.3 Å². The predicted octanol–water partition coefficient (Wildman–Crippen LogP) is 2.57. The molecule has 0 aromatic carbocycles. The van der Waals surface area contributed by atoms with E-state index in [-0.39, 0.29) is 12.0 Å². The second-order valence-electron chi connectivity index (χ2n) is 3.57. The predicted molar refractivity (Wildman–Crippen MR) is 66.5 cm³/mol. The summed E-state index contributed by atoms with van der Waals surface area (Å²) >= 11 is 1.73. The standard InChI is InChI=1S/C12H19NO2S/c1-3-10(8-12(14)15-4-2)13-9-11-6-5-7-16-11/h5-7,10,13H,3-4,8-9H2,1-2H3. The van der Waals surface area contributed by atoms with Gasteiger partial charge in [-0.25, -0.2) is 0 Å². The number of thiophene rings is 1. The van der Waals surface area contributed by atoms with Crippen molar-refractivity contribution < 1.29 is 9.53 Å². The molecule has 1 heterocycles. The highest BCUT2D eigenvalue weighted by Gasteiger charge is 2.12. The molecule has 16 heavy (non-hydrogen) atoms. The fourth-order valence-corrected chi connectivity index (χ4v) is 2.10. The number of nitrogens with one attached hydrogen (secondary N) is 1. The number of carbonyl (C=O) groups is 1. The van der Waals surface area contributed by atoms with Crippen LogP contribution in [0.2, 0.25) is 0 Å². The molecule has 1 N–H and O–H groups in total. The lowest BCUT2D eigenvalue weighted by Gasteiger charge is -2.15. The lowest BCUT2D eigenvalue weighted by molar-refractivity contribution is -0.143. The van der Waals surface area contributed by atoms with Crippen molar-refractivity contribution in [2.75, 3.05) is 6.61 Å². The molecule has 90 valence electrons. The van der Waals surface area contributed by atoms with Gasteiger partial charge >= 0.3 is 5.97 Å². The number of hydrogen-bond donors (Lipinski definition) is 1. The first-order valence-corrected chi connectivity index (χ1v) is 6.55. The van der Waals surface area contributed by atoms with Crippen molar-refractivity contribution in [2.45, 2.75) is 39.3 Å². The molecule has 0 saturated carbocycles. The van der Waals surface area contributed by atoms with E-state index in [1.165, 1.54) is 4.88 Å². The van der Waals surface area contributed by atoms with Crippen LogP contribution in [0.4, 0.5) is 0 Å². The Morgan fingerprint density at radius 2 is 2.38 bits per heavy atom. The summed E-state index contributed by atoms with van der Waals surface area (Å²) in [7, 11) is 0. The maximum atomic E-state index is 11.3. The van der Waals surface area contributed by atoms with Crippen molar-refractivity contribution in [1.29, 1.82) is 0 Å². The van der Waals surface area contributed by atoms with Gasteiger partial charge in [0.05, 0.1) is 13.0 Å². The Bertz CT molecular complexity index is 298.